The van der Waals surface area contributed by atoms with Gasteiger partial charge in [0.25, 0.3) is 0 Å². The Balaban J connectivity index is 1.74. The minimum absolute atomic E-state index is 0.364. The lowest BCUT2D eigenvalue weighted by Gasteiger charge is -2.45. The molecule has 2 aliphatic rings. The fourth-order valence-corrected chi connectivity index (χ4v) is 4.09. The first kappa shape index (κ1) is 28.4. The van der Waals surface area contributed by atoms with E-state index in [2.05, 4.69) is 12.2 Å². The maximum absolute atomic E-state index is 6.36. The molecule has 35 heavy (non-hydrogen) atoms. The summed E-state index contributed by atoms with van der Waals surface area (Å²) in [6.45, 7) is 8.15. The van der Waals surface area contributed by atoms with Crippen LogP contribution < -0.4 is 5.32 Å². The van der Waals surface area contributed by atoms with Crippen LogP contribution in [0.1, 0.15) is 25.3 Å². The van der Waals surface area contributed by atoms with Crippen molar-refractivity contribution in [3.8, 4) is 0 Å². The van der Waals surface area contributed by atoms with E-state index in [9.17, 15) is 0 Å². The molecule has 0 bridgehead atoms. The van der Waals surface area contributed by atoms with Crippen molar-refractivity contribution in [2.45, 2.75) is 57.1 Å². The van der Waals surface area contributed by atoms with E-state index < -0.39 is 24.6 Å². The Hall–Kier alpha value is -1.14. The van der Waals surface area contributed by atoms with E-state index in [-0.39, 0.29) is 6.10 Å². The summed E-state index contributed by atoms with van der Waals surface area (Å²) < 4.78 is 48.4. The summed E-state index contributed by atoms with van der Waals surface area (Å²) in [4.78, 5) is 0. The van der Waals surface area contributed by atoms with E-state index >= 15 is 0 Å². The lowest BCUT2D eigenvalue weighted by Crippen LogP contribution is -2.62. The number of nitrogens with one attached hydrogen (secondary N) is 1. The van der Waals surface area contributed by atoms with Crippen LogP contribution >= 0.6 is 0 Å². The maximum Gasteiger partial charge on any atom is 0.186 e. The van der Waals surface area contributed by atoms with Crippen molar-refractivity contribution in [3.05, 3.63) is 35.9 Å². The quantitative estimate of drug-likeness (QED) is 0.516. The van der Waals surface area contributed by atoms with Crippen LogP contribution in [0.25, 0.3) is 0 Å². The van der Waals surface area contributed by atoms with Gasteiger partial charge in [0.2, 0.25) is 0 Å². The Kier molecular flexibility index (Phi) is 14.1. The minimum atomic E-state index is -0.619. The van der Waals surface area contributed by atoms with Crippen LogP contribution in [0, 0.1) is 0 Å². The van der Waals surface area contributed by atoms with Gasteiger partial charge in [-0.1, -0.05) is 43.7 Å². The third-order valence-electron chi connectivity index (χ3n) is 5.96. The first-order valence-electron chi connectivity index (χ1n) is 12.8. The standard InChI is InChI=1S/C26H43NO8/c1-3-4-12-31-20-22-23-24(33-18-16-30-14-11-27-10-13-29-15-17-32-23)25(26(28-2)35-22)34-19-21-8-6-5-7-9-21/h5-9,22-27H,3-4,10-20H2,1-2H3/t22-,23-,24+,25-,26-/m1/s1. The van der Waals surface area contributed by atoms with Crippen molar-refractivity contribution in [1.29, 1.82) is 0 Å². The normalized spacial score (nSPS) is 29.6. The van der Waals surface area contributed by atoms with Gasteiger partial charge in [-0.25, -0.2) is 0 Å². The largest absolute Gasteiger partial charge is 0.379 e. The number of fused-ring (bicyclic) bond motifs is 1. The second-order valence-electron chi connectivity index (χ2n) is 8.61. The number of hydrogen-bond donors (Lipinski definition) is 1. The van der Waals surface area contributed by atoms with Gasteiger partial charge >= 0.3 is 0 Å². The van der Waals surface area contributed by atoms with Crippen LogP contribution in [-0.2, 0) is 44.5 Å². The van der Waals surface area contributed by atoms with Crippen LogP contribution in [0.4, 0.5) is 0 Å². The number of ether oxygens (including phenoxy) is 8. The molecule has 200 valence electrons. The molecule has 2 fully saturated rings. The highest BCUT2D eigenvalue weighted by molar-refractivity contribution is 5.13. The molecule has 0 spiro atoms. The molecule has 0 aromatic heterocycles. The number of methoxy groups -OCH3 is 1. The maximum atomic E-state index is 6.36. The molecule has 1 aromatic rings. The first-order valence-corrected chi connectivity index (χ1v) is 12.8. The molecule has 0 unspecified atom stereocenters. The SMILES string of the molecule is CCCCOC[C@H]1O[C@@H](OC)[C@H](OCc2ccccc2)[C@H]2OCCOCCNCCOCCO[C@@H]21. The van der Waals surface area contributed by atoms with Gasteiger partial charge in [-0.3, -0.25) is 0 Å². The van der Waals surface area contributed by atoms with Crippen molar-refractivity contribution in [2.24, 2.45) is 0 Å². The molecule has 2 saturated heterocycles. The molecule has 0 saturated carbocycles. The van der Waals surface area contributed by atoms with Crippen molar-refractivity contribution >= 4 is 0 Å². The topological polar surface area (TPSA) is 85.9 Å². The van der Waals surface area contributed by atoms with E-state index in [4.69, 9.17) is 37.9 Å². The fraction of sp³-hybridized carbons (Fsp3) is 0.769. The predicted octanol–water partition coefficient (Wildman–Crippen LogP) is 2.17. The number of hydrogen-bond acceptors (Lipinski definition) is 9. The number of unbranched alkanes of at least 4 members (excludes halogenated alkanes) is 1. The molecule has 0 radical (unpaired) electrons. The molecule has 3 rings (SSSR count). The molecular formula is C26H43NO8. The van der Waals surface area contributed by atoms with Crippen molar-refractivity contribution < 1.29 is 37.9 Å². The minimum Gasteiger partial charge on any atom is -0.379 e. The molecular weight excluding hydrogens is 454 g/mol. The first-order chi connectivity index (χ1) is 17.3. The van der Waals surface area contributed by atoms with Crippen LogP contribution in [0.3, 0.4) is 0 Å². The summed E-state index contributed by atoms with van der Waals surface area (Å²) in [6, 6.07) is 10.0. The molecule has 5 atom stereocenters. The second kappa shape index (κ2) is 17.3. The van der Waals surface area contributed by atoms with E-state index in [1.807, 2.05) is 30.3 Å². The van der Waals surface area contributed by atoms with Crippen molar-refractivity contribution in [3.63, 3.8) is 0 Å². The van der Waals surface area contributed by atoms with Crippen LogP contribution in [0.2, 0.25) is 0 Å². The van der Waals surface area contributed by atoms with Gasteiger partial charge < -0.3 is 43.2 Å². The van der Waals surface area contributed by atoms with Gasteiger partial charge in [0.1, 0.15) is 24.4 Å². The zero-order chi connectivity index (χ0) is 24.6. The summed E-state index contributed by atoms with van der Waals surface area (Å²) in [5.74, 6) is 0. The van der Waals surface area contributed by atoms with Gasteiger partial charge in [0.15, 0.2) is 6.29 Å². The van der Waals surface area contributed by atoms with E-state index in [1.54, 1.807) is 7.11 Å². The zero-order valence-corrected chi connectivity index (χ0v) is 21.2. The van der Waals surface area contributed by atoms with E-state index in [1.165, 1.54) is 0 Å². The molecule has 0 aliphatic carbocycles. The monoisotopic (exact) mass is 497 g/mol. The van der Waals surface area contributed by atoms with Gasteiger partial charge in [0, 0.05) is 26.8 Å². The van der Waals surface area contributed by atoms with Crippen LogP contribution in [0.5, 0.6) is 0 Å². The molecule has 9 heteroatoms. The average molecular weight is 498 g/mol. The molecule has 1 aromatic carbocycles. The molecule has 9 nitrogen and oxygen atoms in total. The third-order valence-corrected chi connectivity index (χ3v) is 5.96. The molecule has 1 N–H and O–H groups in total. The highest BCUT2D eigenvalue weighted by atomic mass is 16.7. The van der Waals surface area contributed by atoms with Gasteiger partial charge in [0.05, 0.1) is 52.9 Å². The average Bonchev–Trinajstić information content (AvgIpc) is 2.90. The highest BCUT2D eigenvalue weighted by Gasteiger charge is 2.48. The summed E-state index contributed by atoms with van der Waals surface area (Å²) in [6.07, 6.45) is -0.244. The van der Waals surface area contributed by atoms with E-state index in [0.29, 0.717) is 59.5 Å². The van der Waals surface area contributed by atoms with Crippen LogP contribution in [-0.4, -0.2) is 104 Å². The lowest BCUT2D eigenvalue weighted by molar-refractivity contribution is -0.321. The number of rotatable bonds is 9. The van der Waals surface area contributed by atoms with E-state index in [0.717, 1.165) is 31.5 Å². The summed E-state index contributed by atoms with van der Waals surface area (Å²) >= 11 is 0. The number of benzene rings is 1. The Bertz CT molecular complexity index is 651. The van der Waals surface area contributed by atoms with Crippen molar-refractivity contribution in [2.75, 3.05) is 73.1 Å². The smallest absolute Gasteiger partial charge is 0.186 e. The predicted molar refractivity (Wildman–Crippen MR) is 130 cm³/mol. The summed E-state index contributed by atoms with van der Waals surface area (Å²) in [5.41, 5.74) is 1.06. The highest BCUT2D eigenvalue weighted by Crippen LogP contribution is 2.30. The lowest BCUT2D eigenvalue weighted by atomic mass is 9.98. The Labute approximate surface area is 209 Å². The molecule has 0 amide bonds. The van der Waals surface area contributed by atoms with Crippen LogP contribution in [0.15, 0.2) is 30.3 Å². The zero-order valence-electron chi connectivity index (χ0n) is 21.2. The molecule has 2 aliphatic heterocycles. The van der Waals surface area contributed by atoms with Gasteiger partial charge in [-0.2, -0.15) is 0 Å². The fourth-order valence-electron chi connectivity index (χ4n) is 4.09. The Morgan fingerprint density at radius 1 is 0.914 bits per heavy atom. The Morgan fingerprint density at radius 3 is 2.31 bits per heavy atom. The van der Waals surface area contributed by atoms with Gasteiger partial charge in [-0.15, -0.1) is 0 Å². The third kappa shape index (κ3) is 10.0. The summed E-state index contributed by atoms with van der Waals surface area (Å²) in [7, 11) is 1.62. The van der Waals surface area contributed by atoms with Gasteiger partial charge in [-0.05, 0) is 12.0 Å². The molecule has 2 heterocycles. The second-order valence-corrected chi connectivity index (χ2v) is 8.61. The summed E-state index contributed by atoms with van der Waals surface area (Å²) in [5, 5.41) is 3.29. The van der Waals surface area contributed by atoms with Crippen molar-refractivity contribution in [1.82, 2.24) is 5.32 Å². The Morgan fingerprint density at radius 2 is 1.63 bits per heavy atom.